The lowest BCUT2D eigenvalue weighted by Crippen LogP contribution is -2.40. The summed E-state index contributed by atoms with van der Waals surface area (Å²) in [5.74, 6) is 1.46. The Morgan fingerprint density at radius 1 is 1.33 bits per heavy atom. The van der Waals surface area contributed by atoms with Gasteiger partial charge in [0.15, 0.2) is 5.96 Å². The van der Waals surface area contributed by atoms with Crippen molar-refractivity contribution in [3.63, 3.8) is 0 Å². The van der Waals surface area contributed by atoms with Gasteiger partial charge in [-0.3, -0.25) is 4.99 Å². The standard InChI is InChI=1S/C19H26N4S/c1-14-12-22-18(24-14)10-11-21-19(20-2)23-13-16-8-5-7-15-6-3-4-9-17(15)16/h3-4,6,9,12,16H,5,7-8,10-11,13H2,1-2H3,(H2,20,21,23). The maximum absolute atomic E-state index is 4.40. The average molecular weight is 343 g/mol. The summed E-state index contributed by atoms with van der Waals surface area (Å²) in [6, 6.07) is 8.85. The van der Waals surface area contributed by atoms with Gasteiger partial charge in [-0.25, -0.2) is 4.98 Å². The number of nitrogens with zero attached hydrogens (tertiary/aromatic N) is 2. The van der Waals surface area contributed by atoms with E-state index in [9.17, 15) is 0 Å². The molecule has 0 spiro atoms. The van der Waals surface area contributed by atoms with Crippen molar-refractivity contribution in [2.45, 2.75) is 38.5 Å². The van der Waals surface area contributed by atoms with Crippen LogP contribution in [-0.4, -0.2) is 31.1 Å². The predicted molar refractivity (Wildman–Crippen MR) is 102 cm³/mol. The number of hydrogen-bond acceptors (Lipinski definition) is 3. The van der Waals surface area contributed by atoms with Gasteiger partial charge in [0.25, 0.3) is 0 Å². The summed E-state index contributed by atoms with van der Waals surface area (Å²) < 4.78 is 0. The second kappa shape index (κ2) is 8.29. The zero-order chi connectivity index (χ0) is 16.8. The summed E-state index contributed by atoms with van der Waals surface area (Å²) in [6.45, 7) is 3.89. The first-order valence-electron chi connectivity index (χ1n) is 8.70. The molecule has 0 fully saturated rings. The number of aryl methyl sites for hydroxylation is 2. The van der Waals surface area contributed by atoms with Gasteiger partial charge in [-0.1, -0.05) is 24.3 Å². The SMILES string of the molecule is CN=C(NCCc1ncc(C)s1)NCC1CCCc2ccccc21. The predicted octanol–water partition coefficient (Wildman–Crippen LogP) is 3.28. The Bertz CT molecular complexity index is 692. The Hall–Kier alpha value is -1.88. The second-order valence-corrected chi connectivity index (χ2v) is 7.60. The summed E-state index contributed by atoms with van der Waals surface area (Å²) in [5.41, 5.74) is 3.02. The number of aliphatic imine (C=N–C) groups is 1. The number of rotatable bonds is 5. The van der Waals surface area contributed by atoms with Crippen molar-refractivity contribution in [1.82, 2.24) is 15.6 Å². The molecule has 0 saturated heterocycles. The maximum Gasteiger partial charge on any atom is 0.191 e. The van der Waals surface area contributed by atoms with E-state index in [0.29, 0.717) is 5.92 Å². The van der Waals surface area contributed by atoms with Crippen molar-refractivity contribution < 1.29 is 0 Å². The van der Waals surface area contributed by atoms with E-state index in [1.54, 1.807) is 11.3 Å². The van der Waals surface area contributed by atoms with E-state index in [1.165, 1.54) is 40.3 Å². The van der Waals surface area contributed by atoms with E-state index >= 15 is 0 Å². The third-order valence-electron chi connectivity index (χ3n) is 4.53. The van der Waals surface area contributed by atoms with E-state index in [1.807, 2.05) is 13.2 Å². The number of nitrogens with one attached hydrogen (secondary N) is 2. The summed E-state index contributed by atoms with van der Waals surface area (Å²) in [4.78, 5) is 10.0. The van der Waals surface area contributed by atoms with E-state index in [-0.39, 0.29) is 0 Å². The van der Waals surface area contributed by atoms with Gasteiger partial charge in [-0.05, 0) is 37.3 Å². The molecule has 4 nitrogen and oxygen atoms in total. The van der Waals surface area contributed by atoms with Crippen LogP contribution in [-0.2, 0) is 12.8 Å². The first-order valence-corrected chi connectivity index (χ1v) is 9.51. The minimum absolute atomic E-state index is 0.579. The second-order valence-electron chi connectivity index (χ2n) is 6.28. The first kappa shape index (κ1) is 17.0. The zero-order valence-electron chi connectivity index (χ0n) is 14.5. The zero-order valence-corrected chi connectivity index (χ0v) is 15.3. The molecular weight excluding hydrogens is 316 g/mol. The van der Waals surface area contributed by atoms with Crippen molar-refractivity contribution in [2.75, 3.05) is 20.1 Å². The fraction of sp³-hybridized carbons (Fsp3) is 0.474. The highest BCUT2D eigenvalue weighted by Crippen LogP contribution is 2.30. The fourth-order valence-corrected chi connectivity index (χ4v) is 4.10. The highest BCUT2D eigenvalue weighted by molar-refractivity contribution is 7.11. The number of aromatic nitrogens is 1. The Morgan fingerprint density at radius 3 is 3.00 bits per heavy atom. The fourth-order valence-electron chi connectivity index (χ4n) is 3.31. The quantitative estimate of drug-likeness (QED) is 0.648. The van der Waals surface area contributed by atoms with E-state index in [4.69, 9.17) is 0 Å². The molecule has 0 amide bonds. The Labute approximate surface area is 148 Å². The largest absolute Gasteiger partial charge is 0.356 e. The van der Waals surface area contributed by atoms with E-state index in [2.05, 4.69) is 51.8 Å². The van der Waals surface area contributed by atoms with Crippen LogP contribution in [0.1, 0.15) is 39.8 Å². The molecule has 0 aliphatic heterocycles. The van der Waals surface area contributed by atoms with Crippen LogP contribution >= 0.6 is 11.3 Å². The summed E-state index contributed by atoms with van der Waals surface area (Å²) in [7, 11) is 1.83. The average Bonchev–Trinajstić information content (AvgIpc) is 3.03. The van der Waals surface area contributed by atoms with Gasteiger partial charge in [0, 0.05) is 43.5 Å². The molecule has 3 rings (SSSR count). The molecule has 1 aliphatic rings. The molecule has 2 N–H and O–H groups in total. The van der Waals surface area contributed by atoms with Gasteiger partial charge in [0.05, 0.1) is 5.01 Å². The minimum Gasteiger partial charge on any atom is -0.356 e. The third-order valence-corrected chi connectivity index (χ3v) is 5.51. The van der Waals surface area contributed by atoms with Crippen LogP contribution in [0.3, 0.4) is 0 Å². The third kappa shape index (κ3) is 4.35. The van der Waals surface area contributed by atoms with Crippen molar-refractivity contribution in [2.24, 2.45) is 4.99 Å². The van der Waals surface area contributed by atoms with Crippen LogP contribution in [0.2, 0.25) is 0 Å². The van der Waals surface area contributed by atoms with Crippen LogP contribution in [0.15, 0.2) is 35.5 Å². The molecule has 0 saturated carbocycles. The van der Waals surface area contributed by atoms with E-state index < -0.39 is 0 Å². The van der Waals surface area contributed by atoms with Crippen molar-refractivity contribution >= 4 is 17.3 Å². The maximum atomic E-state index is 4.40. The van der Waals surface area contributed by atoms with Crippen molar-refractivity contribution in [3.05, 3.63) is 51.5 Å². The smallest absolute Gasteiger partial charge is 0.191 e. The lowest BCUT2D eigenvalue weighted by molar-refractivity contribution is 0.540. The lowest BCUT2D eigenvalue weighted by Gasteiger charge is -2.26. The molecule has 2 aromatic rings. The molecule has 0 bridgehead atoms. The summed E-state index contributed by atoms with van der Waals surface area (Å²) >= 11 is 1.76. The van der Waals surface area contributed by atoms with Gasteiger partial charge >= 0.3 is 0 Å². The van der Waals surface area contributed by atoms with Crippen LogP contribution < -0.4 is 10.6 Å². The van der Waals surface area contributed by atoms with Crippen LogP contribution in [0.5, 0.6) is 0 Å². The molecule has 1 aromatic carbocycles. The van der Waals surface area contributed by atoms with E-state index in [0.717, 1.165) is 25.5 Å². The van der Waals surface area contributed by atoms with Crippen molar-refractivity contribution in [1.29, 1.82) is 0 Å². The molecule has 0 radical (unpaired) electrons. The molecule has 128 valence electrons. The summed E-state index contributed by atoms with van der Waals surface area (Å²) in [6.07, 6.45) is 6.62. The van der Waals surface area contributed by atoms with Gasteiger partial charge in [-0.15, -0.1) is 11.3 Å². The number of fused-ring (bicyclic) bond motifs is 1. The highest BCUT2D eigenvalue weighted by atomic mass is 32.1. The van der Waals surface area contributed by atoms with Crippen LogP contribution in [0.4, 0.5) is 0 Å². The molecule has 1 atom stereocenters. The monoisotopic (exact) mass is 342 g/mol. The molecular formula is C19H26N4S. The van der Waals surface area contributed by atoms with Gasteiger partial charge < -0.3 is 10.6 Å². The molecule has 5 heteroatoms. The number of guanidine groups is 1. The lowest BCUT2D eigenvalue weighted by atomic mass is 9.83. The number of benzene rings is 1. The number of hydrogen-bond donors (Lipinski definition) is 2. The number of thiazole rings is 1. The molecule has 1 aliphatic carbocycles. The topological polar surface area (TPSA) is 49.3 Å². The van der Waals surface area contributed by atoms with Gasteiger partial charge in [0.2, 0.25) is 0 Å². The van der Waals surface area contributed by atoms with Crippen LogP contribution in [0, 0.1) is 6.92 Å². The summed E-state index contributed by atoms with van der Waals surface area (Å²) in [5, 5.41) is 8.07. The van der Waals surface area contributed by atoms with Crippen molar-refractivity contribution in [3.8, 4) is 0 Å². The van der Waals surface area contributed by atoms with Gasteiger partial charge in [-0.2, -0.15) is 0 Å². The Kier molecular flexibility index (Phi) is 5.86. The molecule has 1 unspecified atom stereocenters. The Morgan fingerprint density at radius 2 is 2.21 bits per heavy atom. The van der Waals surface area contributed by atoms with Crippen LogP contribution in [0.25, 0.3) is 0 Å². The molecule has 1 aromatic heterocycles. The Balaban J connectivity index is 1.48. The minimum atomic E-state index is 0.579. The van der Waals surface area contributed by atoms with Gasteiger partial charge in [0.1, 0.15) is 0 Å². The normalized spacial score (nSPS) is 17.4. The molecule has 24 heavy (non-hydrogen) atoms. The molecule has 1 heterocycles. The highest BCUT2D eigenvalue weighted by Gasteiger charge is 2.19. The first-order chi connectivity index (χ1) is 11.8.